The van der Waals surface area contributed by atoms with Crippen LogP contribution in [0.3, 0.4) is 0 Å². The molecule has 1 aliphatic heterocycles. The number of esters is 1. The third-order valence-corrected chi connectivity index (χ3v) is 6.76. The Hall–Kier alpha value is -3.07. The Labute approximate surface area is 208 Å². The molecule has 0 spiro atoms. The van der Waals surface area contributed by atoms with E-state index >= 15 is 0 Å². The van der Waals surface area contributed by atoms with Gasteiger partial charge in [0.15, 0.2) is 10.5 Å². The molecule has 0 aliphatic carbocycles. The fourth-order valence-electron chi connectivity index (χ4n) is 4.18. The predicted octanol–water partition coefficient (Wildman–Crippen LogP) is 2.54. The Bertz CT molecular complexity index is 1260. The number of fused-ring (bicyclic) bond motifs is 1. The monoisotopic (exact) mass is 498 g/mol. The van der Waals surface area contributed by atoms with Crippen LogP contribution in [0.5, 0.6) is 0 Å². The molecule has 9 heteroatoms. The predicted molar refractivity (Wildman–Crippen MR) is 137 cm³/mol. The second-order valence-corrected chi connectivity index (χ2v) is 10.4. The summed E-state index contributed by atoms with van der Waals surface area (Å²) in [6.07, 6.45) is 6.09. The molecule has 2 atom stereocenters. The van der Waals surface area contributed by atoms with Crippen molar-refractivity contribution in [3.8, 4) is 0 Å². The van der Waals surface area contributed by atoms with Crippen LogP contribution in [-0.4, -0.2) is 49.6 Å². The number of pyridine rings is 1. The molecule has 2 heterocycles. The summed E-state index contributed by atoms with van der Waals surface area (Å²) in [5, 5.41) is 1.64. The Kier molecular flexibility index (Phi) is 8.77. The van der Waals surface area contributed by atoms with Gasteiger partial charge in [-0.3, -0.25) is 15.0 Å². The minimum Gasteiger partial charge on any atom is -0.462 e. The van der Waals surface area contributed by atoms with Gasteiger partial charge < -0.3 is 9.64 Å². The summed E-state index contributed by atoms with van der Waals surface area (Å²) in [7, 11) is -0.886. The first-order chi connectivity index (χ1) is 16.6. The van der Waals surface area contributed by atoms with E-state index in [0.29, 0.717) is 19.3 Å². The molecule has 0 fully saturated rings. The molecule has 188 valence electrons. The first kappa shape index (κ1) is 26.5. The number of benzene rings is 1. The van der Waals surface area contributed by atoms with Gasteiger partial charge in [-0.1, -0.05) is 39.3 Å². The molecule has 1 aliphatic rings. The average Bonchev–Trinajstić information content (AvgIpc) is 3.14. The topological polar surface area (TPSA) is 101 Å². The molecule has 1 aromatic heterocycles. The normalized spacial score (nSPS) is 17.2. The number of unbranched alkanes of at least 4 members (excludes halogenated alkanes) is 1. The second kappa shape index (κ2) is 11.6. The van der Waals surface area contributed by atoms with Crippen LogP contribution in [0.2, 0.25) is 0 Å². The lowest BCUT2D eigenvalue weighted by atomic mass is 9.98. The summed E-state index contributed by atoms with van der Waals surface area (Å²) in [6.45, 7) is 8.17. The number of ether oxygens (including phenoxy) is 1. The third-order valence-electron chi connectivity index (χ3n) is 5.96. The van der Waals surface area contributed by atoms with Gasteiger partial charge in [-0.15, -0.1) is 0 Å². The number of nitrogens with zero attached hydrogens (tertiary/aromatic N) is 4. The van der Waals surface area contributed by atoms with E-state index in [1.54, 1.807) is 19.4 Å². The Morgan fingerprint density at radius 1 is 1.11 bits per heavy atom. The van der Waals surface area contributed by atoms with Gasteiger partial charge in [0.25, 0.3) is 0 Å². The lowest BCUT2D eigenvalue weighted by molar-refractivity contribution is -0.135. The SMILES string of the molecule is CCCCOC(=O)C(C(CC(C)C)N(C)c1ccc(CC2(C)N=c3ccncc3=N2)cc1)=S(=O)=O. The number of anilines is 1. The molecule has 2 unspecified atom stereocenters. The van der Waals surface area contributed by atoms with Crippen molar-refractivity contribution in [3.05, 3.63) is 59.0 Å². The molecule has 35 heavy (non-hydrogen) atoms. The molecule has 0 radical (unpaired) electrons. The number of hydrogen-bond donors (Lipinski definition) is 0. The highest BCUT2D eigenvalue weighted by molar-refractivity contribution is 7.75. The van der Waals surface area contributed by atoms with Gasteiger partial charge in [-0.2, -0.15) is 8.42 Å². The molecular formula is C26H34N4O4S. The quantitative estimate of drug-likeness (QED) is 0.268. The zero-order valence-electron chi connectivity index (χ0n) is 21.1. The van der Waals surface area contributed by atoms with Gasteiger partial charge in [0.1, 0.15) is 5.36 Å². The number of rotatable bonds is 11. The van der Waals surface area contributed by atoms with Crippen molar-refractivity contribution in [3.63, 3.8) is 0 Å². The second-order valence-electron chi connectivity index (χ2n) is 9.49. The van der Waals surface area contributed by atoms with Crippen molar-refractivity contribution < 1.29 is 17.9 Å². The number of carbonyl (C=O) groups is 1. The molecule has 3 rings (SSSR count). The first-order valence-electron chi connectivity index (χ1n) is 12.0. The summed E-state index contributed by atoms with van der Waals surface area (Å²) >= 11 is 0. The standard InChI is InChI=1S/C26H34N4O4S/c1-6-7-14-34-25(31)24(35(32)33)23(15-18(2)3)30(5)20-10-8-19(9-11-20)16-26(4)28-21-12-13-27-17-22(21)29-26/h8-13,17-18,23H,6-7,14-16H2,1-5H3. The largest absolute Gasteiger partial charge is 0.462 e. The molecule has 0 bridgehead atoms. The fourth-order valence-corrected chi connectivity index (χ4v) is 4.85. The Balaban J connectivity index is 1.82. The van der Waals surface area contributed by atoms with E-state index in [9.17, 15) is 13.2 Å². The maximum atomic E-state index is 12.7. The van der Waals surface area contributed by atoms with Crippen LogP contribution in [0.25, 0.3) is 0 Å². The highest BCUT2D eigenvalue weighted by Crippen LogP contribution is 2.25. The average molecular weight is 499 g/mol. The van der Waals surface area contributed by atoms with Crippen molar-refractivity contribution in [2.75, 3.05) is 18.6 Å². The molecular weight excluding hydrogens is 464 g/mol. The first-order valence-corrected chi connectivity index (χ1v) is 13.1. The van der Waals surface area contributed by atoms with Gasteiger partial charge in [0.05, 0.1) is 24.2 Å². The van der Waals surface area contributed by atoms with Crippen molar-refractivity contribution >= 4 is 26.8 Å². The Morgan fingerprint density at radius 2 is 1.80 bits per heavy atom. The maximum Gasteiger partial charge on any atom is 0.351 e. The molecule has 0 saturated carbocycles. The van der Waals surface area contributed by atoms with Gasteiger partial charge in [-0.05, 0) is 49.4 Å². The minimum atomic E-state index is -2.69. The van der Waals surface area contributed by atoms with Crippen LogP contribution in [0.4, 0.5) is 5.69 Å². The molecule has 0 N–H and O–H groups in total. The Morgan fingerprint density at radius 3 is 2.40 bits per heavy atom. The van der Waals surface area contributed by atoms with E-state index in [1.807, 2.05) is 62.9 Å². The van der Waals surface area contributed by atoms with Crippen LogP contribution in [0.1, 0.15) is 52.5 Å². The highest BCUT2D eigenvalue weighted by Gasteiger charge is 2.31. The van der Waals surface area contributed by atoms with Crippen molar-refractivity contribution in [2.45, 2.75) is 65.1 Å². The van der Waals surface area contributed by atoms with Crippen molar-refractivity contribution in [2.24, 2.45) is 15.9 Å². The van der Waals surface area contributed by atoms with Crippen LogP contribution >= 0.6 is 0 Å². The van der Waals surface area contributed by atoms with E-state index in [4.69, 9.17) is 14.7 Å². The summed E-state index contributed by atoms with van der Waals surface area (Å²) in [5.74, 6) is -0.599. The van der Waals surface area contributed by atoms with Crippen molar-refractivity contribution in [1.29, 1.82) is 0 Å². The number of aromatic nitrogens is 1. The zero-order valence-corrected chi connectivity index (χ0v) is 21.9. The number of hydrogen-bond acceptors (Lipinski definition) is 8. The molecule has 1 aromatic carbocycles. The summed E-state index contributed by atoms with van der Waals surface area (Å²) in [6, 6.07) is 9.07. The van der Waals surface area contributed by atoms with E-state index in [2.05, 4.69) is 4.98 Å². The molecule has 2 aromatic rings. The van der Waals surface area contributed by atoms with Gasteiger partial charge in [0, 0.05) is 25.4 Å². The summed E-state index contributed by atoms with van der Waals surface area (Å²) < 4.78 is 29.5. The lowest BCUT2D eigenvalue weighted by Crippen LogP contribution is -2.44. The van der Waals surface area contributed by atoms with E-state index in [0.717, 1.165) is 28.4 Å². The van der Waals surface area contributed by atoms with Gasteiger partial charge in [-0.25, -0.2) is 4.79 Å². The highest BCUT2D eigenvalue weighted by atomic mass is 32.2. The maximum absolute atomic E-state index is 12.7. The van der Waals surface area contributed by atoms with Crippen LogP contribution in [-0.2, 0) is 26.2 Å². The van der Waals surface area contributed by atoms with Crippen LogP contribution in [0.15, 0.2) is 52.7 Å². The number of carbonyl (C=O) groups excluding carboxylic acids is 1. The fraction of sp³-hybridized carbons (Fsp3) is 0.500. The van der Waals surface area contributed by atoms with E-state index < -0.39 is 28.0 Å². The molecule has 8 nitrogen and oxygen atoms in total. The minimum absolute atomic E-state index is 0.172. The summed E-state index contributed by atoms with van der Waals surface area (Å²) in [4.78, 5) is 27.9. The van der Waals surface area contributed by atoms with Crippen molar-refractivity contribution in [1.82, 2.24) is 4.98 Å². The lowest BCUT2D eigenvalue weighted by Gasteiger charge is -2.31. The van der Waals surface area contributed by atoms with Crippen LogP contribution < -0.4 is 15.6 Å². The van der Waals surface area contributed by atoms with Gasteiger partial charge in [0.2, 0.25) is 10.3 Å². The van der Waals surface area contributed by atoms with E-state index in [-0.39, 0.29) is 17.4 Å². The molecule has 0 saturated heterocycles. The smallest absolute Gasteiger partial charge is 0.351 e. The third kappa shape index (κ3) is 6.75. The molecule has 0 amide bonds. The van der Waals surface area contributed by atoms with Crippen LogP contribution in [0, 0.1) is 5.92 Å². The van der Waals surface area contributed by atoms with E-state index in [1.165, 1.54) is 0 Å². The van der Waals surface area contributed by atoms with Gasteiger partial charge >= 0.3 is 5.97 Å². The zero-order chi connectivity index (χ0) is 25.6. The summed E-state index contributed by atoms with van der Waals surface area (Å²) in [5.41, 5.74) is 1.26.